The molecule has 0 radical (unpaired) electrons. The summed E-state index contributed by atoms with van der Waals surface area (Å²) in [5.41, 5.74) is 4.33. The molecule has 0 aliphatic rings. The van der Waals surface area contributed by atoms with Crippen molar-refractivity contribution in [2.45, 2.75) is 96.8 Å². The van der Waals surface area contributed by atoms with Gasteiger partial charge in [-0.3, -0.25) is 9.59 Å². The van der Waals surface area contributed by atoms with E-state index in [2.05, 4.69) is 25.1 Å². The minimum atomic E-state index is -0.693. The minimum Gasteiger partial charge on any atom is -0.481 e. The summed E-state index contributed by atoms with van der Waals surface area (Å²) in [5, 5.41) is 17.3. The lowest BCUT2D eigenvalue weighted by atomic mass is 9.93. The number of aryl methyl sites for hydroxylation is 2. The normalized spacial score (nSPS) is 10.9. The fourth-order valence-electron chi connectivity index (χ4n) is 3.59. The molecule has 4 nitrogen and oxygen atoms in total. The molecule has 0 spiro atoms. The van der Waals surface area contributed by atoms with E-state index in [1.54, 1.807) is 0 Å². The molecule has 2 N–H and O–H groups in total. The lowest BCUT2D eigenvalue weighted by Gasteiger charge is -2.13. The second-order valence-corrected chi connectivity index (χ2v) is 7.54. The summed E-state index contributed by atoms with van der Waals surface area (Å²) in [6.07, 6.45) is 13.3. The zero-order chi connectivity index (χ0) is 19.9. The molecule has 0 amide bonds. The van der Waals surface area contributed by atoms with E-state index in [-0.39, 0.29) is 6.42 Å². The maximum absolute atomic E-state index is 10.5. The number of unbranched alkanes of at least 4 members (excludes halogenated alkanes) is 8. The number of hydrogen-bond acceptors (Lipinski definition) is 2. The van der Waals surface area contributed by atoms with Gasteiger partial charge in [0, 0.05) is 12.8 Å². The Labute approximate surface area is 164 Å². The van der Waals surface area contributed by atoms with E-state index in [1.807, 2.05) is 0 Å². The van der Waals surface area contributed by atoms with Crippen LogP contribution in [-0.2, 0) is 22.4 Å². The maximum Gasteiger partial charge on any atom is 0.303 e. The molecule has 27 heavy (non-hydrogen) atoms. The molecule has 0 bridgehead atoms. The van der Waals surface area contributed by atoms with E-state index < -0.39 is 11.9 Å². The standard InChI is InChI=1S/C23H36O4/c1-19-13-12-15-20(14-8-4-2-6-10-17-22(24)25)21(19)16-9-5-3-7-11-18-23(26)27/h12-13,15H,2-11,14,16-18H2,1H3,(H,24,25)(H,26,27). The highest BCUT2D eigenvalue weighted by Crippen LogP contribution is 2.20. The first-order chi connectivity index (χ1) is 13.0. The molecule has 0 heterocycles. The highest BCUT2D eigenvalue weighted by molar-refractivity contribution is 5.66. The summed E-state index contributed by atoms with van der Waals surface area (Å²) in [6.45, 7) is 2.19. The maximum atomic E-state index is 10.5. The molecule has 0 aromatic heterocycles. The lowest BCUT2D eigenvalue weighted by Crippen LogP contribution is -1.99. The third kappa shape index (κ3) is 11.5. The van der Waals surface area contributed by atoms with Crippen molar-refractivity contribution >= 4 is 11.9 Å². The number of hydrogen-bond donors (Lipinski definition) is 2. The van der Waals surface area contributed by atoms with Gasteiger partial charge in [-0.25, -0.2) is 0 Å². The molecular formula is C23H36O4. The fourth-order valence-corrected chi connectivity index (χ4v) is 3.59. The molecule has 0 atom stereocenters. The topological polar surface area (TPSA) is 74.6 Å². The van der Waals surface area contributed by atoms with Crippen molar-refractivity contribution in [3.63, 3.8) is 0 Å². The van der Waals surface area contributed by atoms with Crippen LogP contribution in [0.25, 0.3) is 0 Å². The molecule has 0 unspecified atom stereocenters. The number of aliphatic carboxylic acids is 2. The predicted octanol–water partition coefficient (Wildman–Crippen LogP) is 5.93. The van der Waals surface area contributed by atoms with E-state index in [1.165, 1.54) is 29.5 Å². The Kier molecular flexibility index (Phi) is 12.2. The predicted molar refractivity (Wildman–Crippen MR) is 109 cm³/mol. The third-order valence-electron chi connectivity index (χ3n) is 5.16. The molecule has 0 aliphatic carbocycles. The van der Waals surface area contributed by atoms with Gasteiger partial charge in [-0.05, 0) is 62.1 Å². The average molecular weight is 377 g/mol. The molecule has 1 aromatic carbocycles. The van der Waals surface area contributed by atoms with Gasteiger partial charge in [-0.2, -0.15) is 0 Å². The highest BCUT2D eigenvalue weighted by atomic mass is 16.4. The van der Waals surface area contributed by atoms with Crippen molar-refractivity contribution in [2.75, 3.05) is 0 Å². The van der Waals surface area contributed by atoms with Crippen molar-refractivity contribution in [3.05, 3.63) is 34.9 Å². The molecule has 1 rings (SSSR count). The first kappa shape index (κ1) is 23.2. The first-order valence-electron chi connectivity index (χ1n) is 10.5. The Balaban J connectivity index is 2.26. The van der Waals surface area contributed by atoms with Crippen LogP contribution >= 0.6 is 0 Å². The molecule has 0 saturated carbocycles. The van der Waals surface area contributed by atoms with Crippen LogP contribution in [0.3, 0.4) is 0 Å². The van der Waals surface area contributed by atoms with Gasteiger partial charge >= 0.3 is 11.9 Å². The van der Waals surface area contributed by atoms with Crippen molar-refractivity contribution in [1.29, 1.82) is 0 Å². The number of carbonyl (C=O) groups is 2. The number of carboxylic acid groups (broad SMARTS) is 2. The van der Waals surface area contributed by atoms with Gasteiger partial charge in [-0.15, -0.1) is 0 Å². The number of rotatable bonds is 16. The molecule has 152 valence electrons. The van der Waals surface area contributed by atoms with Crippen LogP contribution in [0.1, 0.15) is 93.7 Å². The lowest BCUT2D eigenvalue weighted by molar-refractivity contribution is -0.138. The Hall–Kier alpha value is -1.84. The first-order valence-corrected chi connectivity index (χ1v) is 10.5. The largest absolute Gasteiger partial charge is 0.481 e. The van der Waals surface area contributed by atoms with Crippen LogP contribution < -0.4 is 0 Å². The van der Waals surface area contributed by atoms with E-state index in [0.717, 1.165) is 64.2 Å². The molecule has 4 heteroatoms. The van der Waals surface area contributed by atoms with Crippen LogP contribution in [0.5, 0.6) is 0 Å². The Morgan fingerprint density at radius 3 is 1.74 bits per heavy atom. The second kappa shape index (κ2) is 14.2. The van der Waals surface area contributed by atoms with Crippen molar-refractivity contribution in [3.8, 4) is 0 Å². The van der Waals surface area contributed by atoms with Crippen molar-refractivity contribution in [2.24, 2.45) is 0 Å². The fraction of sp³-hybridized carbons (Fsp3) is 0.652. The summed E-state index contributed by atoms with van der Waals surface area (Å²) in [6, 6.07) is 6.59. The van der Waals surface area contributed by atoms with Crippen LogP contribution in [0.4, 0.5) is 0 Å². The van der Waals surface area contributed by atoms with Crippen LogP contribution in [-0.4, -0.2) is 22.2 Å². The van der Waals surface area contributed by atoms with E-state index in [9.17, 15) is 9.59 Å². The summed E-state index contributed by atoms with van der Waals surface area (Å²) in [4.78, 5) is 21.0. The van der Waals surface area contributed by atoms with Crippen molar-refractivity contribution in [1.82, 2.24) is 0 Å². The molecule has 0 fully saturated rings. The monoisotopic (exact) mass is 376 g/mol. The number of benzene rings is 1. The molecular weight excluding hydrogens is 340 g/mol. The zero-order valence-corrected chi connectivity index (χ0v) is 16.8. The Morgan fingerprint density at radius 1 is 0.704 bits per heavy atom. The molecule has 0 saturated heterocycles. The van der Waals surface area contributed by atoms with Crippen LogP contribution in [0, 0.1) is 6.92 Å². The summed E-state index contributed by atoms with van der Waals surface area (Å²) in [5.74, 6) is -1.39. The minimum absolute atomic E-state index is 0.290. The quantitative estimate of drug-likeness (QED) is 0.351. The van der Waals surface area contributed by atoms with Gasteiger partial charge in [0.25, 0.3) is 0 Å². The zero-order valence-electron chi connectivity index (χ0n) is 16.8. The van der Waals surface area contributed by atoms with Crippen LogP contribution in [0.15, 0.2) is 18.2 Å². The summed E-state index contributed by atoms with van der Waals surface area (Å²) in [7, 11) is 0. The van der Waals surface area contributed by atoms with Gasteiger partial charge in [0.1, 0.15) is 0 Å². The summed E-state index contributed by atoms with van der Waals surface area (Å²) < 4.78 is 0. The van der Waals surface area contributed by atoms with Gasteiger partial charge in [0.15, 0.2) is 0 Å². The smallest absolute Gasteiger partial charge is 0.303 e. The van der Waals surface area contributed by atoms with E-state index in [4.69, 9.17) is 10.2 Å². The van der Waals surface area contributed by atoms with Crippen molar-refractivity contribution < 1.29 is 19.8 Å². The SMILES string of the molecule is Cc1cccc(CCCCCCCC(=O)O)c1CCCCCCCC(=O)O. The Bertz CT molecular complexity index is 565. The molecule has 1 aromatic rings. The summed E-state index contributed by atoms with van der Waals surface area (Å²) >= 11 is 0. The van der Waals surface area contributed by atoms with Gasteiger partial charge in [0.05, 0.1) is 0 Å². The van der Waals surface area contributed by atoms with E-state index >= 15 is 0 Å². The number of carboxylic acids is 2. The van der Waals surface area contributed by atoms with E-state index in [0.29, 0.717) is 6.42 Å². The second-order valence-electron chi connectivity index (χ2n) is 7.54. The average Bonchev–Trinajstić information content (AvgIpc) is 2.61. The van der Waals surface area contributed by atoms with Gasteiger partial charge in [0.2, 0.25) is 0 Å². The van der Waals surface area contributed by atoms with Gasteiger partial charge in [-0.1, -0.05) is 56.7 Å². The Morgan fingerprint density at radius 2 is 1.19 bits per heavy atom. The highest BCUT2D eigenvalue weighted by Gasteiger charge is 2.06. The molecule has 0 aliphatic heterocycles. The third-order valence-corrected chi connectivity index (χ3v) is 5.16. The van der Waals surface area contributed by atoms with Gasteiger partial charge < -0.3 is 10.2 Å². The van der Waals surface area contributed by atoms with Crippen LogP contribution in [0.2, 0.25) is 0 Å².